The highest BCUT2D eigenvalue weighted by Gasteiger charge is 2.26. The first-order chi connectivity index (χ1) is 9.58. The van der Waals surface area contributed by atoms with E-state index in [1.807, 2.05) is 0 Å². The number of amidine groups is 1. The molecule has 0 aliphatic carbocycles. The van der Waals surface area contributed by atoms with Crippen LogP contribution in [-0.4, -0.2) is 53.7 Å². The Labute approximate surface area is 123 Å². The van der Waals surface area contributed by atoms with Crippen molar-refractivity contribution < 1.29 is 5.21 Å². The van der Waals surface area contributed by atoms with E-state index in [0.717, 1.165) is 26.1 Å². The average molecular weight is 298 g/mol. The van der Waals surface area contributed by atoms with Crippen LogP contribution in [0.5, 0.6) is 0 Å². The Hall–Kier alpha value is -1.53. The van der Waals surface area contributed by atoms with Crippen molar-refractivity contribution in [2.45, 2.75) is 19.4 Å². The molecular weight excluding hydrogens is 278 g/mol. The molecular formula is C13H20ClN5O. The molecule has 0 bridgehead atoms. The molecule has 0 saturated carbocycles. The van der Waals surface area contributed by atoms with Gasteiger partial charge >= 0.3 is 0 Å². The van der Waals surface area contributed by atoms with E-state index in [9.17, 15) is 0 Å². The van der Waals surface area contributed by atoms with Crippen molar-refractivity contribution in [3.05, 3.63) is 22.8 Å². The third-order valence-corrected chi connectivity index (χ3v) is 4.18. The van der Waals surface area contributed by atoms with Crippen molar-refractivity contribution in [3.63, 3.8) is 0 Å². The lowest BCUT2D eigenvalue weighted by Gasteiger charge is -2.40. The molecule has 0 radical (unpaired) electrons. The second-order valence-corrected chi connectivity index (χ2v) is 5.35. The van der Waals surface area contributed by atoms with E-state index < -0.39 is 0 Å². The fraction of sp³-hybridized carbons (Fsp3) is 0.538. The number of nitrogens with zero attached hydrogens (tertiary/aromatic N) is 4. The zero-order valence-corrected chi connectivity index (χ0v) is 12.5. The van der Waals surface area contributed by atoms with E-state index in [4.69, 9.17) is 22.5 Å². The van der Waals surface area contributed by atoms with Crippen molar-refractivity contribution in [3.8, 4) is 0 Å². The predicted octanol–water partition coefficient (Wildman–Crippen LogP) is 1.36. The Balaban J connectivity index is 2.29. The Morgan fingerprint density at radius 3 is 3.00 bits per heavy atom. The van der Waals surface area contributed by atoms with Crippen LogP contribution in [0, 0.1) is 0 Å². The molecule has 110 valence electrons. The number of aromatic nitrogens is 1. The van der Waals surface area contributed by atoms with Crippen LogP contribution in [0.25, 0.3) is 0 Å². The van der Waals surface area contributed by atoms with Gasteiger partial charge in [0, 0.05) is 37.4 Å². The van der Waals surface area contributed by atoms with Gasteiger partial charge in [-0.25, -0.2) is 4.98 Å². The molecule has 3 N–H and O–H groups in total. The van der Waals surface area contributed by atoms with Crippen molar-refractivity contribution in [1.29, 1.82) is 0 Å². The fourth-order valence-corrected chi connectivity index (χ4v) is 2.81. The van der Waals surface area contributed by atoms with E-state index in [0.29, 0.717) is 22.4 Å². The maximum Gasteiger partial charge on any atom is 0.171 e. The standard InChI is InChI=1S/C13H20ClN5O/c1-3-9-8-19(7-6-18(9)2)13-11(14)10(4-5-16-13)12(15)17-20/h4-5,9,20H,3,6-8H2,1-2H3,(H2,15,17). The van der Waals surface area contributed by atoms with Crippen LogP contribution in [0.2, 0.25) is 5.02 Å². The van der Waals surface area contributed by atoms with Crippen LogP contribution in [-0.2, 0) is 0 Å². The van der Waals surface area contributed by atoms with Gasteiger partial charge in [0.2, 0.25) is 0 Å². The number of hydrogen-bond donors (Lipinski definition) is 2. The second kappa shape index (κ2) is 6.28. The molecule has 7 heteroatoms. The first-order valence-corrected chi connectivity index (χ1v) is 7.03. The normalized spacial score (nSPS) is 21.2. The monoisotopic (exact) mass is 297 g/mol. The first kappa shape index (κ1) is 14.9. The van der Waals surface area contributed by atoms with Crippen molar-refractivity contribution >= 4 is 23.3 Å². The van der Waals surface area contributed by atoms with E-state index >= 15 is 0 Å². The summed E-state index contributed by atoms with van der Waals surface area (Å²) in [5, 5.41) is 12.2. The lowest BCUT2D eigenvalue weighted by Crippen LogP contribution is -2.51. The third-order valence-electron chi connectivity index (χ3n) is 3.80. The molecule has 2 rings (SSSR count). The summed E-state index contributed by atoms with van der Waals surface area (Å²) >= 11 is 6.35. The van der Waals surface area contributed by atoms with Gasteiger partial charge < -0.3 is 15.8 Å². The minimum atomic E-state index is -0.000168. The molecule has 2 heterocycles. The summed E-state index contributed by atoms with van der Waals surface area (Å²) in [4.78, 5) is 8.86. The van der Waals surface area contributed by atoms with E-state index in [2.05, 4.69) is 33.9 Å². The van der Waals surface area contributed by atoms with Crippen molar-refractivity contribution in [2.24, 2.45) is 10.9 Å². The van der Waals surface area contributed by atoms with Gasteiger partial charge in [-0.2, -0.15) is 0 Å². The van der Waals surface area contributed by atoms with Gasteiger partial charge in [0.1, 0.15) is 5.82 Å². The molecule has 6 nitrogen and oxygen atoms in total. The third kappa shape index (κ3) is 2.81. The topological polar surface area (TPSA) is 78.0 Å². The quantitative estimate of drug-likeness (QED) is 0.381. The van der Waals surface area contributed by atoms with Gasteiger partial charge in [-0.3, -0.25) is 4.90 Å². The summed E-state index contributed by atoms with van der Waals surface area (Å²) < 4.78 is 0. The highest BCUT2D eigenvalue weighted by Crippen LogP contribution is 2.28. The number of likely N-dealkylation sites (N-methyl/N-ethyl adjacent to an activating group) is 1. The van der Waals surface area contributed by atoms with E-state index in [1.165, 1.54) is 0 Å². The maximum absolute atomic E-state index is 8.79. The number of nitrogens with two attached hydrogens (primary N) is 1. The number of pyridine rings is 1. The molecule has 1 aromatic heterocycles. The SMILES string of the molecule is CCC1CN(c2nccc(/C(N)=N/O)c2Cl)CCN1C. The number of anilines is 1. The molecule has 0 spiro atoms. The summed E-state index contributed by atoms with van der Waals surface area (Å²) in [6, 6.07) is 2.13. The van der Waals surface area contributed by atoms with E-state index in [-0.39, 0.29) is 5.84 Å². The predicted molar refractivity (Wildman–Crippen MR) is 80.7 cm³/mol. The summed E-state index contributed by atoms with van der Waals surface area (Å²) in [6.45, 7) is 4.87. The second-order valence-electron chi connectivity index (χ2n) is 4.97. The van der Waals surface area contributed by atoms with Crippen molar-refractivity contribution in [2.75, 3.05) is 31.6 Å². The zero-order chi connectivity index (χ0) is 14.7. The van der Waals surface area contributed by atoms with Gasteiger partial charge in [0.15, 0.2) is 5.84 Å². The zero-order valence-electron chi connectivity index (χ0n) is 11.8. The summed E-state index contributed by atoms with van der Waals surface area (Å²) in [5.41, 5.74) is 6.14. The maximum atomic E-state index is 8.79. The van der Waals surface area contributed by atoms with Crippen LogP contribution in [0.15, 0.2) is 17.4 Å². The summed E-state index contributed by atoms with van der Waals surface area (Å²) in [6.07, 6.45) is 2.71. The smallest absolute Gasteiger partial charge is 0.171 e. The van der Waals surface area contributed by atoms with Crippen LogP contribution in [0.3, 0.4) is 0 Å². The highest BCUT2D eigenvalue weighted by atomic mass is 35.5. The molecule has 1 aliphatic heterocycles. The van der Waals surface area contributed by atoms with Crippen LogP contribution in [0.4, 0.5) is 5.82 Å². The molecule has 1 aromatic rings. The molecule has 1 unspecified atom stereocenters. The highest BCUT2D eigenvalue weighted by molar-refractivity contribution is 6.36. The largest absolute Gasteiger partial charge is 0.409 e. The number of rotatable bonds is 3. The minimum Gasteiger partial charge on any atom is -0.409 e. The minimum absolute atomic E-state index is 0.000168. The van der Waals surface area contributed by atoms with E-state index in [1.54, 1.807) is 12.3 Å². The molecule has 1 fully saturated rings. The molecule has 1 aliphatic rings. The van der Waals surface area contributed by atoms with Gasteiger partial charge in [0.25, 0.3) is 0 Å². The van der Waals surface area contributed by atoms with Gasteiger partial charge in [-0.1, -0.05) is 23.7 Å². The molecule has 0 aromatic carbocycles. The van der Waals surface area contributed by atoms with Gasteiger partial charge in [-0.15, -0.1) is 0 Å². The average Bonchev–Trinajstić information content (AvgIpc) is 2.47. The van der Waals surface area contributed by atoms with Crippen LogP contribution < -0.4 is 10.6 Å². The van der Waals surface area contributed by atoms with Crippen LogP contribution in [0.1, 0.15) is 18.9 Å². The van der Waals surface area contributed by atoms with Gasteiger partial charge in [0.05, 0.1) is 5.02 Å². The molecule has 1 saturated heterocycles. The Morgan fingerprint density at radius 1 is 1.60 bits per heavy atom. The first-order valence-electron chi connectivity index (χ1n) is 6.66. The summed E-state index contributed by atoms with van der Waals surface area (Å²) in [7, 11) is 2.13. The Morgan fingerprint density at radius 2 is 2.35 bits per heavy atom. The lowest BCUT2D eigenvalue weighted by atomic mass is 10.1. The molecule has 20 heavy (non-hydrogen) atoms. The van der Waals surface area contributed by atoms with Crippen molar-refractivity contribution in [1.82, 2.24) is 9.88 Å². The lowest BCUT2D eigenvalue weighted by molar-refractivity contribution is 0.213. The Bertz CT molecular complexity index is 508. The molecule has 1 atom stereocenters. The van der Waals surface area contributed by atoms with Gasteiger partial charge in [-0.05, 0) is 19.5 Å². The molecule has 0 amide bonds. The summed E-state index contributed by atoms with van der Waals surface area (Å²) in [5.74, 6) is 0.696. The number of hydrogen-bond acceptors (Lipinski definition) is 5. The number of oxime groups is 1. The fourth-order valence-electron chi connectivity index (χ4n) is 2.48. The number of piperazine rings is 1. The number of halogens is 1. The Kier molecular flexibility index (Phi) is 4.67. The van der Waals surface area contributed by atoms with Crippen LogP contribution >= 0.6 is 11.6 Å².